The van der Waals surface area contributed by atoms with Crippen molar-refractivity contribution in [2.45, 2.75) is 19.3 Å². The van der Waals surface area contributed by atoms with Gasteiger partial charge in [0.05, 0.1) is 14.2 Å². The summed E-state index contributed by atoms with van der Waals surface area (Å²) in [6.45, 7) is 1.06. The Morgan fingerprint density at radius 1 is 0.943 bits per heavy atom. The Morgan fingerprint density at radius 2 is 1.66 bits per heavy atom. The van der Waals surface area contributed by atoms with Crippen LogP contribution in [0.5, 0.6) is 11.5 Å². The summed E-state index contributed by atoms with van der Waals surface area (Å²) in [4.78, 5) is 41.4. The van der Waals surface area contributed by atoms with Gasteiger partial charge in [0.1, 0.15) is 22.9 Å². The number of hydrogen-bond acceptors (Lipinski definition) is 6. The number of carbonyl (C=O) groups is 3. The van der Waals surface area contributed by atoms with Gasteiger partial charge in [-0.3, -0.25) is 14.4 Å². The molecule has 1 fully saturated rings. The van der Waals surface area contributed by atoms with Gasteiger partial charge in [-0.15, -0.1) is 0 Å². The van der Waals surface area contributed by atoms with E-state index in [1.807, 2.05) is 24.3 Å². The van der Waals surface area contributed by atoms with E-state index in [1.165, 1.54) is 11.8 Å². The van der Waals surface area contributed by atoms with E-state index < -0.39 is 5.91 Å². The number of nitrogens with two attached hydrogens (primary N) is 1. The van der Waals surface area contributed by atoms with Crippen molar-refractivity contribution in [3.63, 3.8) is 0 Å². The molecule has 0 atom stereocenters. The van der Waals surface area contributed by atoms with Gasteiger partial charge < -0.3 is 25.0 Å². The molecule has 180 valence electrons. The lowest BCUT2D eigenvalue weighted by Gasteiger charge is -2.28. The van der Waals surface area contributed by atoms with E-state index in [-0.39, 0.29) is 23.2 Å². The molecule has 1 saturated heterocycles. The van der Waals surface area contributed by atoms with Crippen LogP contribution in [0.1, 0.15) is 39.4 Å². The Bertz CT molecular complexity index is 1330. The SMILES string of the molecule is COc1ccc(-n2nc(C(N)=O)c3c2C(=O)N(c2ccc(N4CCCC4=O)cc2)CC3)c(OC)c1. The summed E-state index contributed by atoms with van der Waals surface area (Å²) in [6, 6.07) is 12.5. The summed E-state index contributed by atoms with van der Waals surface area (Å²) in [6.07, 6.45) is 1.80. The van der Waals surface area contributed by atoms with Crippen LogP contribution in [0.3, 0.4) is 0 Å². The Balaban J connectivity index is 1.55. The van der Waals surface area contributed by atoms with E-state index >= 15 is 0 Å². The van der Waals surface area contributed by atoms with Gasteiger partial charge in [0.15, 0.2) is 5.69 Å². The highest BCUT2D eigenvalue weighted by atomic mass is 16.5. The third-order valence-corrected chi connectivity index (χ3v) is 6.41. The molecule has 0 bridgehead atoms. The van der Waals surface area contributed by atoms with Gasteiger partial charge in [-0.25, -0.2) is 4.68 Å². The summed E-state index contributed by atoms with van der Waals surface area (Å²) < 4.78 is 12.2. The van der Waals surface area contributed by atoms with E-state index in [0.717, 1.165) is 12.1 Å². The molecule has 3 amide bonds. The highest BCUT2D eigenvalue weighted by Gasteiger charge is 2.35. The molecule has 0 spiro atoms. The minimum atomic E-state index is -0.701. The molecule has 10 nitrogen and oxygen atoms in total. The zero-order valence-corrected chi connectivity index (χ0v) is 19.5. The van der Waals surface area contributed by atoms with Crippen LogP contribution < -0.4 is 25.0 Å². The van der Waals surface area contributed by atoms with Gasteiger partial charge in [0.2, 0.25) is 5.91 Å². The summed E-state index contributed by atoms with van der Waals surface area (Å²) >= 11 is 0. The second-order valence-electron chi connectivity index (χ2n) is 8.36. The summed E-state index contributed by atoms with van der Waals surface area (Å²) in [5.74, 6) is 0.0942. The fourth-order valence-corrected chi connectivity index (χ4v) is 4.67. The van der Waals surface area contributed by atoms with Crippen molar-refractivity contribution >= 4 is 29.1 Å². The summed E-state index contributed by atoms with van der Waals surface area (Å²) in [5, 5.41) is 4.41. The summed E-state index contributed by atoms with van der Waals surface area (Å²) in [5.41, 5.74) is 8.41. The molecule has 0 saturated carbocycles. The van der Waals surface area contributed by atoms with Crippen LogP contribution in [0.4, 0.5) is 11.4 Å². The lowest BCUT2D eigenvalue weighted by atomic mass is 10.0. The lowest BCUT2D eigenvalue weighted by Crippen LogP contribution is -2.39. The first-order valence-electron chi connectivity index (χ1n) is 11.3. The Hall–Kier alpha value is -4.34. The second kappa shape index (κ2) is 8.79. The van der Waals surface area contributed by atoms with Gasteiger partial charge in [-0.05, 0) is 49.2 Å². The highest BCUT2D eigenvalue weighted by Crippen LogP contribution is 2.34. The molecular formula is C25H25N5O5. The smallest absolute Gasteiger partial charge is 0.277 e. The Kier molecular flexibility index (Phi) is 5.64. The molecule has 2 aromatic carbocycles. The molecule has 10 heteroatoms. The molecule has 3 heterocycles. The first kappa shape index (κ1) is 22.5. The molecule has 1 aromatic heterocycles. The van der Waals surface area contributed by atoms with E-state index in [9.17, 15) is 14.4 Å². The number of carbonyl (C=O) groups excluding carboxylic acids is 3. The van der Waals surface area contributed by atoms with E-state index in [1.54, 1.807) is 35.1 Å². The van der Waals surface area contributed by atoms with E-state index in [4.69, 9.17) is 15.2 Å². The minimum Gasteiger partial charge on any atom is -0.497 e. The number of ether oxygens (including phenoxy) is 2. The number of hydrogen-bond donors (Lipinski definition) is 1. The molecular weight excluding hydrogens is 450 g/mol. The standard InChI is InChI=1S/C25H25N5O5/c1-34-17-9-10-19(20(14-17)35-2)30-23-18(22(27-30)24(26)32)11-13-29(25(23)33)16-7-5-15(6-8-16)28-12-3-4-21(28)31/h5-10,14H,3-4,11-13H2,1-2H3,(H2,26,32). The van der Waals surface area contributed by atoms with Crippen molar-refractivity contribution in [2.75, 3.05) is 37.1 Å². The van der Waals surface area contributed by atoms with Crippen LogP contribution in [0.25, 0.3) is 5.69 Å². The number of fused-ring (bicyclic) bond motifs is 1. The summed E-state index contributed by atoms with van der Waals surface area (Å²) in [7, 11) is 3.05. The van der Waals surface area contributed by atoms with Crippen molar-refractivity contribution in [3.05, 3.63) is 59.4 Å². The predicted octanol–water partition coefficient (Wildman–Crippen LogP) is 2.32. The number of methoxy groups -OCH3 is 2. The molecule has 0 unspecified atom stereocenters. The van der Waals surface area contributed by atoms with Crippen LogP contribution in [0.15, 0.2) is 42.5 Å². The maximum atomic E-state index is 13.7. The van der Waals surface area contributed by atoms with Crippen LogP contribution in [-0.2, 0) is 11.2 Å². The van der Waals surface area contributed by atoms with Crippen molar-refractivity contribution in [2.24, 2.45) is 5.73 Å². The zero-order chi connectivity index (χ0) is 24.7. The zero-order valence-electron chi connectivity index (χ0n) is 19.5. The average Bonchev–Trinajstić information content (AvgIpc) is 3.48. The van der Waals surface area contributed by atoms with Gasteiger partial charge in [0, 0.05) is 42.5 Å². The number of anilines is 2. The van der Waals surface area contributed by atoms with Crippen LogP contribution in [-0.4, -0.2) is 54.8 Å². The number of amides is 3. The van der Waals surface area contributed by atoms with Crippen molar-refractivity contribution in [3.8, 4) is 17.2 Å². The first-order chi connectivity index (χ1) is 16.9. The van der Waals surface area contributed by atoms with Crippen molar-refractivity contribution in [1.29, 1.82) is 0 Å². The second-order valence-corrected chi connectivity index (χ2v) is 8.36. The van der Waals surface area contributed by atoms with E-state index in [2.05, 4.69) is 5.10 Å². The molecule has 35 heavy (non-hydrogen) atoms. The topological polar surface area (TPSA) is 120 Å². The molecule has 2 aliphatic rings. The van der Waals surface area contributed by atoms with Crippen molar-refractivity contribution in [1.82, 2.24) is 9.78 Å². The van der Waals surface area contributed by atoms with Gasteiger partial charge in [-0.1, -0.05) is 0 Å². The van der Waals surface area contributed by atoms with Crippen LogP contribution >= 0.6 is 0 Å². The molecule has 5 rings (SSSR count). The molecule has 2 N–H and O–H groups in total. The Morgan fingerprint density at radius 3 is 2.26 bits per heavy atom. The molecule has 2 aliphatic heterocycles. The van der Waals surface area contributed by atoms with Crippen LogP contribution in [0, 0.1) is 0 Å². The quantitative estimate of drug-likeness (QED) is 0.584. The maximum absolute atomic E-state index is 13.7. The monoisotopic (exact) mass is 475 g/mol. The number of rotatable bonds is 6. The number of benzene rings is 2. The normalized spacial score (nSPS) is 15.4. The largest absolute Gasteiger partial charge is 0.497 e. The van der Waals surface area contributed by atoms with Gasteiger partial charge >= 0.3 is 0 Å². The maximum Gasteiger partial charge on any atom is 0.277 e. The molecule has 3 aromatic rings. The van der Waals surface area contributed by atoms with Crippen molar-refractivity contribution < 1.29 is 23.9 Å². The van der Waals surface area contributed by atoms with E-state index in [0.29, 0.717) is 54.4 Å². The third-order valence-electron chi connectivity index (χ3n) is 6.41. The predicted molar refractivity (Wildman–Crippen MR) is 129 cm³/mol. The average molecular weight is 476 g/mol. The first-order valence-corrected chi connectivity index (χ1v) is 11.3. The fraction of sp³-hybridized carbons (Fsp3) is 0.280. The number of primary amides is 1. The van der Waals surface area contributed by atoms with Gasteiger partial charge in [0.25, 0.3) is 11.8 Å². The number of nitrogens with zero attached hydrogens (tertiary/aromatic N) is 4. The molecule has 0 aliphatic carbocycles. The highest BCUT2D eigenvalue weighted by molar-refractivity contribution is 6.09. The van der Waals surface area contributed by atoms with Gasteiger partial charge in [-0.2, -0.15) is 5.10 Å². The Labute approximate surface area is 201 Å². The minimum absolute atomic E-state index is 0.0637. The third kappa shape index (κ3) is 3.76. The lowest BCUT2D eigenvalue weighted by molar-refractivity contribution is -0.117. The number of aromatic nitrogens is 2. The van der Waals surface area contributed by atoms with Crippen LogP contribution in [0.2, 0.25) is 0 Å². The molecule has 0 radical (unpaired) electrons. The fourth-order valence-electron chi connectivity index (χ4n) is 4.67.